The van der Waals surface area contributed by atoms with Crippen molar-refractivity contribution in [2.75, 3.05) is 7.05 Å². The third-order valence-electron chi connectivity index (χ3n) is 6.05. The summed E-state index contributed by atoms with van der Waals surface area (Å²) in [5.74, 6) is 0.339. The molecule has 0 spiro atoms. The molecule has 4 nitrogen and oxygen atoms in total. The first-order chi connectivity index (χ1) is 15.5. The fraction of sp³-hybridized carbons (Fsp3) is 0.259. The predicted octanol–water partition coefficient (Wildman–Crippen LogP) is 6.61. The number of halogens is 1. The highest BCUT2D eigenvalue weighted by molar-refractivity contribution is 6.30. The minimum atomic E-state index is 0.0315. The Labute approximate surface area is 194 Å². The van der Waals surface area contributed by atoms with Crippen molar-refractivity contribution in [3.8, 4) is 11.3 Å². The van der Waals surface area contributed by atoms with E-state index < -0.39 is 0 Å². The van der Waals surface area contributed by atoms with Crippen molar-refractivity contribution in [3.63, 3.8) is 0 Å². The average Bonchev–Trinajstić information content (AvgIpc) is 3.20. The molecule has 4 aromatic rings. The van der Waals surface area contributed by atoms with Crippen LogP contribution in [0.2, 0.25) is 5.02 Å². The number of aromatic amines is 1. The lowest BCUT2D eigenvalue weighted by Crippen LogP contribution is -2.41. The smallest absolute Gasteiger partial charge is 0.256 e. The fourth-order valence-corrected chi connectivity index (χ4v) is 4.45. The van der Waals surface area contributed by atoms with Crippen molar-refractivity contribution in [3.05, 3.63) is 89.2 Å². The van der Waals surface area contributed by atoms with Crippen molar-refractivity contribution < 1.29 is 4.79 Å². The number of carbonyl (C=O) groups excluding carboxylic acids is 1. The first-order valence-corrected chi connectivity index (χ1v) is 11.4. The van der Waals surface area contributed by atoms with Gasteiger partial charge in [0.15, 0.2) is 0 Å². The molecular weight excluding hydrogens is 418 g/mol. The van der Waals surface area contributed by atoms with Gasteiger partial charge in [0.1, 0.15) is 0 Å². The molecule has 0 saturated carbocycles. The van der Waals surface area contributed by atoms with E-state index in [1.54, 1.807) is 6.20 Å². The molecule has 2 aromatic heterocycles. The summed E-state index contributed by atoms with van der Waals surface area (Å²) in [7, 11) is 1.92. The third-order valence-corrected chi connectivity index (χ3v) is 6.28. The minimum absolute atomic E-state index is 0.0315. The van der Waals surface area contributed by atoms with E-state index in [9.17, 15) is 4.79 Å². The zero-order chi connectivity index (χ0) is 22.7. The maximum atomic E-state index is 13.9. The number of H-pyrrole nitrogens is 1. The Morgan fingerprint density at radius 1 is 1.03 bits per heavy atom. The molecule has 0 radical (unpaired) electrons. The first-order valence-electron chi connectivity index (χ1n) is 11.0. The van der Waals surface area contributed by atoms with Crippen molar-refractivity contribution >= 4 is 28.4 Å². The van der Waals surface area contributed by atoms with E-state index in [0.717, 1.165) is 46.3 Å². The van der Waals surface area contributed by atoms with Crippen molar-refractivity contribution in [1.29, 1.82) is 0 Å². The standard InChI is InChI=1S/C27H28ClN3O/c1-18(2)24(16-15-21-14-13-20(28)17-29-21)31(3)27(32)25-22-11-7-8-12-23(22)30-26(25)19-9-5-4-6-10-19/h4-14,17-18,24,30H,15-16H2,1-3H3/t24-/m1/s1. The second-order valence-corrected chi connectivity index (χ2v) is 8.96. The van der Waals surface area contributed by atoms with Gasteiger partial charge in [-0.25, -0.2) is 0 Å². The fourth-order valence-electron chi connectivity index (χ4n) is 4.34. The SMILES string of the molecule is CC(C)[C@@H](CCc1ccc(Cl)cn1)N(C)C(=O)c1c(-c2ccccc2)[nH]c2ccccc12. The van der Waals surface area contributed by atoms with Crippen LogP contribution in [0.3, 0.4) is 0 Å². The van der Waals surface area contributed by atoms with E-state index in [1.165, 1.54) is 0 Å². The Morgan fingerprint density at radius 3 is 2.44 bits per heavy atom. The molecule has 0 fully saturated rings. The van der Waals surface area contributed by atoms with Gasteiger partial charge in [0.25, 0.3) is 5.91 Å². The maximum Gasteiger partial charge on any atom is 0.256 e. The monoisotopic (exact) mass is 445 g/mol. The quantitative estimate of drug-likeness (QED) is 0.347. The lowest BCUT2D eigenvalue weighted by atomic mass is 9.95. The molecule has 164 valence electrons. The molecular formula is C27H28ClN3O. The molecule has 32 heavy (non-hydrogen) atoms. The minimum Gasteiger partial charge on any atom is -0.354 e. The first kappa shape index (κ1) is 22.1. The van der Waals surface area contributed by atoms with Crippen LogP contribution in [0.25, 0.3) is 22.2 Å². The number of hydrogen-bond acceptors (Lipinski definition) is 2. The highest BCUT2D eigenvalue weighted by Gasteiger charge is 2.28. The van der Waals surface area contributed by atoms with Crippen LogP contribution < -0.4 is 0 Å². The van der Waals surface area contributed by atoms with E-state index in [2.05, 4.69) is 23.8 Å². The Balaban J connectivity index is 1.66. The van der Waals surface area contributed by atoms with Crippen LogP contribution in [0, 0.1) is 5.92 Å². The Morgan fingerprint density at radius 2 is 1.75 bits per heavy atom. The number of hydrogen-bond donors (Lipinski definition) is 1. The van der Waals surface area contributed by atoms with Gasteiger partial charge >= 0.3 is 0 Å². The molecule has 5 heteroatoms. The molecule has 4 rings (SSSR count). The van der Waals surface area contributed by atoms with Crippen LogP contribution in [0.4, 0.5) is 0 Å². The van der Waals surface area contributed by atoms with Crippen LogP contribution in [-0.2, 0) is 6.42 Å². The third kappa shape index (κ3) is 4.56. The Kier molecular flexibility index (Phi) is 6.61. The number of aryl methyl sites for hydroxylation is 1. The van der Waals surface area contributed by atoms with Crippen LogP contribution >= 0.6 is 11.6 Å². The molecule has 2 heterocycles. The van der Waals surface area contributed by atoms with E-state index in [4.69, 9.17) is 11.6 Å². The molecule has 0 aliphatic rings. The second-order valence-electron chi connectivity index (χ2n) is 8.52. The topological polar surface area (TPSA) is 49.0 Å². The molecule has 0 aliphatic heterocycles. The van der Waals surface area contributed by atoms with Crippen molar-refractivity contribution in [2.24, 2.45) is 5.92 Å². The van der Waals surface area contributed by atoms with Gasteiger partial charge in [-0.15, -0.1) is 0 Å². The van der Waals surface area contributed by atoms with Gasteiger partial charge in [0, 0.05) is 35.9 Å². The van der Waals surface area contributed by atoms with Gasteiger partial charge in [-0.05, 0) is 42.5 Å². The summed E-state index contributed by atoms with van der Waals surface area (Å²) in [6.07, 6.45) is 3.29. The van der Waals surface area contributed by atoms with Gasteiger partial charge in [-0.2, -0.15) is 0 Å². The average molecular weight is 446 g/mol. The highest BCUT2D eigenvalue weighted by atomic mass is 35.5. The van der Waals surface area contributed by atoms with Gasteiger partial charge < -0.3 is 9.88 Å². The lowest BCUT2D eigenvalue weighted by Gasteiger charge is -2.31. The summed E-state index contributed by atoms with van der Waals surface area (Å²) < 4.78 is 0. The van der Waals surface area contributed by atoms with Crippen LogP contribution in [0.1, 0.15) is 36.3 Å². The molecule has 1 atom stereocenters. The summed E-state index contributed by atoms with van der Waals surface area (Å²) >= 11 is 5.97. The van der Waals surface area contributed by atoms with E-state index in [0.29, 0.717) is 10.9 Å². The van der Waals surface area contributed by atoms with E-state index in [-0.39, 0.29) is 11.9 Å². The zero-order valence-corrected chi connectivity index (χ0v) is 19.4. The Hall–Kier alpha value is -3.11. The van der Waals surface area contributed by atoms with Gasteiger partial charge in [-0.3, -0.25) is 9.78 Å². The number of aromatic nitrogens is 2. The summed E-state index contributed by atoms with van der Waals surface area (Å²) in [6.45, 7) is 4.33. The van der Waals surface area contributed by atoms with Gasteiger partial charge in [-0.1, -0.05) is 74.0 Å². The summed E-state index contributed by atoms with van der Waals surface area (Å²) in [5.41, 5.74) is 4.55. The number of nitrogens with one attached hydrogen (secondary N) is 1. The van der Waals surface area contributed by atoms with Crippen molar-refractivity contribution in [2.45, 2.75) is 32.7 Å². The summed E-state index contributed by atoms with van der Waals surface area (Å²) in [5, 5.41) is 1.58. The van der Waals surface area contributed by atoms with Crippen LogP contribution in [-0.4, -0.2) is 33.9 Å². The number of para-hydroxylation sites is 1. The lowest BCUT2D eigenvalue weighted by molar-refractivity contribution is 0.0681. The number of pyridine rings is 1. The number of benzene rings is 2. The van der Waals surface area contributed by atoms with Crippen molar-refractivity contribution in [1.82, 2.24) is 14.9 Å². The number of fused-ring (bicyclic) bond motifs is 1. The maximum absolute atomic E-state index is 13.9. The second kappa shape index (κ2) is 9.58. The summed E-state index contributed by atoms with van der Waals surface area (Å²) in [6, 6.07) is 21.9. The van der Waals surface area contributed by atoms with Crippen LogP contribution in [0.15, 0.2) is 72.9 Å². The molecule has 2 aromatic carbocycles. The predicted molar refractivity (Wildman–Crippen MR) is 132 cm³/mol. The molecule has 1 N–H and O–H groups in total. The molecule has 1 amide bonds. The van der Waals surface area contributed by atoms with E-state index >= 15 is 0 Å². The van der Waals surface area contributed by atoms with Gasteiger partial charge in [0.2, 0.25) is 0 Å². The number of amides is 1. The zero-order valence-electron chi connectivity index (χ0n) is 18.7. The van der Waals surface area contributed by atoms with Crippen LogP contribution in [0.5, 0.6) is 0 Å². The van der Waals surface area contributed by atoms with Gasteiger partial charge in [0.05, 0.1) is 16.3 Å². The normalized spacial score (nSPS) is 12.3. The number of carbonyl (C=O) groups is 1. The molecule has 0 unspecified atom stereocenters. The number of nitrogens with zero attached hydrogens (tertiary/aromatic N) is 2. The summed E-state index contributed by atoms with van der Waals surface area (Å²) in [4.78, 5) is 23.7. The largest absolute Gasteiger partial charge is 0.354 e. The molecule has 0 saturated heterocycles. The Bertz CT molecular complexity index is 1200. The molecule has 0 aliphatic carbocycles. The van der Waals surface area contributed by atoms with E-state index in [1.807, 2.05) is 78.7 Å². The number of rotatable bonds is 7. The highest BCUT2D eigenvalue weighted by Crippen LogP contribution is 2.32. The molecule has 0 bridgehead atoms.